The Bertz CT molecular complexity index is 565. The molecule has 1 atom stereocenters. The van der Waals surface area contributed by atoms with E-state index in [4.69, 9.17) is 0 Å². The van der Waals surface area contributed by atoms with Crippen molar-refractivity contribution in [2.45, 2.75) is 19.9 Å². The fraction of sp³-hybridized carbons (Fsp3) is 0.312. The van der Waals surface area contributed by atoms with Crippen LogP contribution >= 0.6 is 0 Å². The molecule has 2 N–H and O–H groups in total. The standard InChI is InChI=1S/C16H20N2O/c1-3-17-16(19)11-18-12(2)14-9-8-13-6-4-5-7-15(13)10-14/h4-10,12,18H,3,11H2,1-2H3,(H,17,19). The van der Waals surface area contributed by atoms with Gasteiger partial charge in [-0.1, -0.05) is 36.4 Å². The molecule has 3 nitrogen and oxygen atoms in total. The zero-order chi connectivity index (χ0) is 13.7. The van der Waals surface area contributed by atoms with Crippen LogP contribution in [-0.2, 0) is 4.79 Å². The zero-order valence-electron chi connectivity index (χ0n) is 11.4. The van der Waals surface area contributed by atoms with Crippen LogP contribution in [0.1, 0.15) is 25.5 Å². The fourth-order valence-corrected chi connectivity index (χ4v) is 2.10. The normalized spacial score (nSPS) is 12.3. The first-order valence-corrected chi connectivity index (χ1v) is 6.69. The SMILES string of the molecule is CCNC(=O)CNC(C)c1ccc2ccccc2c1. The van der Waals surface area contributed by atoms with Gasteiger partial charge in [0.1, 0.15) is 0 Å². The highest BCUT2D eigenvalue weighted by molar-refractivity contribution is 5.83. The van der Waals surface area contributed by atoms with Crippen molar-refractivity contribution in [2.24, 2.45) is 0 Å². The van der Waals surface area contributed by atoms with Crippen LogP contribution in [0.15, 0.2) is 42.5 Å². The van der Waals surface area contributed by atoms with Crippen molar-refractivity contribution >= 4 is 16.7 Å². The third-order valence-electron chi connectivity index (χ3n) is 3.22. The Morgan fingerprint density at radius 2 is 1.89 bits per heavy atom. The molecule has 1 amide bonds. The second-order valence-corrected chi connectivity index (χ2v) is 4.66. The Morgan fingerprint density at radius 1 is 1.16 bits per heavy atom. The van der Waals surface area contributed by atoms with E-state index in [1.54, 1.807) is 0 Å². The summed E-state index contributed by atoms with van der Waals surface area (Å²) in [5.41, 5.74) is 1.20. The highest BCUT2D eigenvalue weighted by Gasteiger charge is 2.07. The molecule has 2 rings (SSSR count). The molecule has 0 fully saturated rings. The first-order chi connectivity index (χ1) is 9.20. The average Bonchev–Trinajstić information content (AvgIpc) is 2.44. The first-order valence-electron chi connectivity index (χ1n) is 6.69. The van der Waals surface area contributed by atoms with Gasteiger partial charge in [0.05, 0.1) is 6.54 Å². The third kappa shape index (κ3) is 3.55. The lowest BCUT2D eigenvalue weighted by molar-refractivity contribution is -0.120. The summed E-state index contributed by atoms with van der Waals surface area (Å²) in [6, 6.07) is 14.9. The minimum absolute atomic E-state index is 0.0372. The topological polar surface area (TPSA) is 41.1 Å². The Labute approximate surface area is 114 Å². The molecule has 2 aromatic carbocycles. The average molecular weight is 256 g/mol. The van der Waals surface area contributed by atoms with Crippen molar-refractivity contribution in [3.05, 3.63) is 48.0 Å². The van der Waals surface area contributed by atoms with Crippen molar-refractivity contribution in [3.63, 3.8) is 0 Å². The summed E-state index contributed by atoms with van der Waals surface area (Å²) >= 11 is 0. The highest BCUT2D eigenvalue weighted by Crippen LogP contribution is 2.19. The summed E-state index contributed by atoms with van der Waals surface area (Å²) in [6.07, 6.45) is 0. The molecule has 100 valence electrons. The van der Waals surface area contributed by atoms with Gasteiger partial charge in [0.2, 0.25) is 5.91 Å². The minimum Gasteiger partial charge on any atom is -0.355 e. The lowest BCUT2D eigenvalue weighted by Gasteiger charge is -2.14. The summed E-state index contributed by atoms with van der Waals surface area (Å²) < 4.78 is 0. The van der Waals surface area contributed by atoms with Gasteiger partial charge in [0.15, 0.2) is 0 Å². The predicted molar refractivity (Wildman–Crippen MR) is 79.0 cm³/mol. The van der Waals surface area contributed by atoms with E-state index < -0.39 is 0 Å². The molecule has 0 aliphatic carbocycles. The maximum Gasteiger partial charge on any atom is 0.233 e. The molecule has 0 aromatic heterocycles. The first kappa shape index (κ1) is 13.6. The van der Waals surface area contributed by atoms with Crippen LogP contribution in [0.2, 0.25) is 0 Å². The largest absolute Gasteiger partial charge is 0.355 e. The Balaban J connectivity index is 2.04. The number of hydrogen-bond acceptors (Lipinski definition) is 2. The number of amides is 1. The van der Waals surface area contributed by atoms with Crippen molar-refractivity contribution < 1.29 is 4.79 Å². The van der Waals surface area contributed by atoms with Crippen LogP contribution in [0.25, 0.3) is 10.8 Å². The third-order valence-corrected chi connectivity index (χ3v) is 3.22. The number of carbonyl (C=O) groups is 1. The van der Waals surface area contributed by atoms with Gasteiger partial charge in [0.25, 0.3) is 0 Å². The molecule has 0 radical (unpaired) electrons. The molecule has 0 aliphatic rings. The summed E-state index contributed by atoms with van der Waals surface area (Å²) in [4.78, 5) is 11.4. The number of benzene rings is 2. The molecule has 0 bridgehead atoms. The second kappa shape index (κ2) is 6.34. The molecule has 0 spiro atoms. The van der Waals surface area contributed by atoms with Gasteiger partial charge in [-0.15, -0.1) is 0 Å². The van der Waals surface area contributed by atoms with Gasteiger partial charge < -0.3 is 10.6 Å². The van der Waals surface area contributed by atoms with E-state index in [1.165, 1.54) is 16.3 Å². The van der Waals surface area contributed by atoms with Crippen molar-refractivity contribution in [1.29, 1.82) is 0 Å². The zero-order valence-corrected chi connectivity index (χ0v) is 11.4. The maximum atomic E-state index is 11.4. The van der Waals surface area contributed by atoms with E-state index in [1.807, 2.05) is 19.1 Å². The van der Waals surface area contributed by atoms with Crippen molar-refractivity contribution in [2.75, 3.05) is 13.1 Å². The fourth-order valence-electron chi connectivity index (χ4n) is 2.10. The summed E-state index contributed by atoms with van der Waals surface area (Å²) in [6.45, 7) is 5.01. The van der Waals surface area contributed by atoms with Gasteiger partial charge in [-0.3, -0.25) is 4.79 Å². The lowest BCUT2D eigenvalue weighted by atomic mass is 10.0. The molecule has 0 heterocycles. The van der Waals surface area contributed by atoms with Gasteiger partial charge in [-0.05, 0) is 36.2 Å². The van der Waals surface area contributed by atoms with Gasteiger partial charge >= 0.3 is 0 Å². The molecule has 1 unspecified atom stereocenters. The molecular weight excluding hydrogens is 236 g/mol. The Kier molecular flexibility index (Phi) is 4.53. The Morgan fingerprint density at radius 3 is 2.63 bits per heavy atom. The van der Waals surface area contributed by atoms with E-state index in [0.29, 0.717) is 13.1 Å². The monoisotopic (exact) mass is 256 g/mol. The molecule has 0 saturated carbocycles. The van der Waals surface area contributed by atoms with Gasteiger partial charge in [-0.25, -0.2) is 0 Å². The molecule has 0 aliphatic heterocycles. The molecule has 19 heavy (non-hydrogen) atoms. The van der Waals surface area contributed by atoms with Crippen molar-refractivity contribution in [1.82, 2.24) is 10.6 Å². The van der Waals surface area contributed by atoms with E-state index in [9.17, 15) is 4.79 Å². The lowest BCUT2D eigenvalue weighted by Crippen LogP contribution is -2.34. The predicted octanol–water partition coefficient (Wildman–Crippen LogP) is 2.63. The van der Waals surface area contributed by atoms with E-state index >= 15 is 0 Å². The quantitative estimate of drug-likeness (QED) is 0.863. The molecule has 3 heteroatoms. The number of carbonyl (C=O) groups excluding carboxylic acids is 1. The highest BCUT2D eigenvalue weighted by atomic mass is 16.1. The molecular formula is C16H20N2O. The van der Waals surface area contributed by atoms with Crippen LogP contribution in [0, 0.1) is 0 Å². The van der Waals surface area contributed by atoms with Crippen LogP contribution in [0.5, 0.6) is 0 Å². The summed E-state index contributed by atoms with van der Waals surface area (Å²) in [7, 11) is 0. The van der Waals surface area contributed by atoms with E-state index in [0.717, 1.165) is 0 Å². The van der Waals surface area contributed by atoms with Crippen LogP contribution in [-0.4, -0.2) is 19.0 Å². The Hall–Kier alpha value is -1.87. The maximum absolute atomic E-state index is 11.4. The van der Waals surface area contributed by atoms with Crippen LogP contribution in [0.3, 0.4) is 0 Å². The number of likely N-dealkylation sites (N-methyl/N-ethyl adjacent to an activating group) is 1. The summed E-state index contributed by atoms with van der Waals surface area (Å²) in [5, 5.41) is 8.48. The smallest absolute Gasteiger partial charge is 0.233 e. The number of hydrogen-bond donors (Lipinski definition) is 2. The minimum atomic E-state index is 0.0372. The van der Waals surface area contributed by atoms with E-state index in [2.05, 4.69) is 47.9 Å². The second-order valence-electron chi connectivity index (χ2n) is 4.66. The number of nitrogens with one attached hydrogen (secondary N) is 2. The summed E-state index contributed by atoms with van der Waals surface area (Å²) in [5.74, 6) is 0.0372. The molecule has 2 aromatic rings. The van der Waals surface area contributed by atoms with Crippen LogP contribution in [0.4, 0.5) is 0 Å². The van der Waals surface area contributed by atoms with Crippen LogP contribution < -0.4 is 10.6 Å². The van der Waals surface area contributed by atoms with Gasteiger partial charge in [0, 0.05) is 12.6 Å². The number of fused-ring (bicyclic) bond motifs is 1. The van der Waals surface area contributed by atoms with E-state index in [-0.39, 0.29) is 11.9 Å². The molecule has 0 saturated heterocycles. The van der Waals surface area contributed by atoms with Gasteiger partial charge in [-0.2, -0.15) is 0 Å². The van der Waals surface area contributed by atoms with Crippen molar-refractivity contribution in [3.8, 4) is 0 Å². The number of rotatable bonds is 5.